The second kappa shape index (κ2) is 36.0. The first-order chi connectivity index (χ1) is 79.2. The molecule has 27 aromatic carbocycles. The Morgan fingerprint density at radius 2 is 0.381 bits per heavy atom. The molecular weight excluding hydrogens is 1780 g/mol. The minimum absolute atomic E-state index is 0.194. The fraction of sp³-hybridized carbons (Fsp3) is 0. The number of rotatable bonds is 12. The Bertz CT molecular complexity index is 11300. The first-order valence-corrected chi connectivity index (χ1v) is 49.3. The van der Waals surface area contributed by atoms with Gasteiger partial charge in [-0.2, -0.15) is 0 Å². The van der Waals surface area contributed by atoms with E-state index >= 15 is 0 Å². The molecule has 3 heterocycles. The molecule has 0 bridgehead atoms. The normalized spacial score (nSPS) is 13.1. The molecule has 30 aromatic rings. The van der Waals surface area contributed by atoms with E-state index in [9.17, 15) is 0 Å². The van der Waals surface area contributed by atoms with Gasteiger partial charge in [-0.25, -0.2) is 0 Å². The summed E-state index contributed by atoms with van der Waals surface area (Å²) in [7, 11) is 0. The van der Waals surface area contributed by atoms with E-state index < -0.39 is 18.1 Å². The molecule has 0 radical (unpaired) electrons. The summed E-state index contributed by atoms with van der Waals surface area (Å²) in [5.41, 5.74) is 26.6. The molecule has 0 fully saturated rings. The second-order valence-electron chi connectivity index (χ2n) is 37.3. The monoisotopic (exact) mass is 1880 g/mol. The molecule has 0 saturated heterocycles. The number of furan rings is 3. The predicted octanol–water partition coefficient (Wildman–Crippen LogP) is 41.1. The topological polar surface area (TPSA) is 39.4 Å². The Morgan fingerprint density at radius 3 is 0.741 bits per heavy atom. The number of hydrogen-bond donors (Lipinski definition) is 0. The highest BCUT2D eigenvalue weighted by Gasteiger charge is 2.29. The van der Waals surface area contributed by atoms with Gasteiger partial charge >= 0.3 is 0 Å². The lowest BCUT2D eigenvalue weighted by molar-refractivity contribution is 0.668. The van der Waals surface area contributed by atoms with Crippen LogP contribution in [0.15, 0.2) is 559 Å². The summed E-state index contributed by atoms with van der Waals surface area (Å²) in [4.78, 5) is 0. The molecule has 3 nitrogen and oxygen atoms in total. The van der Waals surface area contributed by atoms with Crippen molar-refractivity contribution < 1.29 is 33.8 Å². The minimum atomic E-state index is -0.408. The molecule has 0 aliphatic carbocycles. The molecule has 0 atom stereocenters. The van der Waals surface area contributed by atoms with Crippen LogP contribution in [-0.4, -0.2) is 0 Å². The SMILES string of the molecule is [2H]c1c([2H])c([2H])c(-c2c3ccccc3c(-c3cc(-c4c(-c5ccccc5)ccc5oc6ccc(-c7ccccc7)cc6c45)c4ccccc4c3)c3ccccc23)c([2H])c1[2H].[2H]c1c([2H])c([2H])c(-c2c3ccccc3c(-c3cc(-c4c(-c5ccccc5)ccc5oc6ccccc6c45)c4ccccc4c3)c3ccccc23)c([2H])c1[2H].[2H]c1c([2H])c([2H])c(-c2c3ccccc3c(-c3cc(-c4cccc5oc6ccccc6c45)c4ccccc4c3)c3ccccc23)c([2H])c1[2H]. The van der Waals surface area contributed by atoms with Gasteiger partial charge in [0.25, 0.3) is 0 Å². The molecule has 0 aliphatic rings. The van der Waals surface area contributed by atoms with Gasteiger partial charge in [0, 0.05) is 43.4 Å². The summed E-state index contributed by atoms with van der Waals surface area (Å²) < 4.78 is 149. The van der Waals surface area contributed by atoms with E-state index in [-0.39, 0.29) is 89.2 Å². The van der Waals surface area contributed by atoms with Crippen LogP contribution in [0.25, 0.3) is 296 Å². The Labute approximate surface area is 870 Å². The first kappa shape index (κ1) is 71.2. The maximum absolute atomic E-state index is 9.04. The van der Waals surface area contributed by atoms with Crippen molar-refractivity contribution in [3.05, 3.63) is 546 Å². The third-order valence-corrected chi connectivity index (χ3v) is 29.2. The van der Waals surface area contributed by atoms with Crippen LogP contribution in [0.4, 0.5) is 0 Å². The van der Waals surface area contributed by atoms with Gasteiger partial charge in [-0.3, -0.25) is 0 Å². The molecule has 30 rings (SSSR count). The van der Waals surface area contributed by atoms with Crippen molar-refractivity contribution in [2.24, 2.45) is 0 Å². The third kappa shape index (κ3) is 14.6. The first-order valence-electron chi connectivity index (χ1n) is 56.8. The molecular formula is C144H90O3. The van der Waals surface area contributed by atoms with Gasteiger partial charge in [-0.05, 0) is 298 Å². The van der Waals surface area contributed by atoms with E-state index in [1.165, 1.54) is 0 Å². The highest BCUT2D eigenvalue weighted by Crippen LogP contribution is 2.55. The molecule has 0 spiro atoms. The minimum Gasteiger partial charge on any atom is -0.456 e. The fourth-order valence-corrected chi connectivity index (χ4v) is 23.0. The Balaban J connectivity index is 0.000000115. The molecule has 0 N–H and O–H groups in total. The second-order valence-corrected chi connectivity index (χ2v) is 37.3. The summed E-state index contributed by atoms with van der Waals surface area (Å²) in [5.74, 6) is 0. The van der Waals surface area contributed by atoms with Gasteiger partial charge in [-0.15, -0.1) is 0 Å². The average Bonchev–Trinajstić information content (AvgIpc) is 1.23. The van der Waals surface area contributed by atoms with Crippen LogP contribution in [0, 0.1) is 0 Å². The lowest BCUT2D eigenvalue weighted by Crippen LogP contribution is -1.93. The average molecular weight is 1880 g/mol. The van der Waals surface area contributed by atoms with Crippen molar-refractivity contribution in [3.63, 3.8) is 0 Å². The van der Waals surface area contributed by atoms with Crippen molar-refractivity contribution >= 4 is 163 Å². The van der Waals surface area contributed by atoms with Crippen LogP contribution < -0.4 is 0 Å². The van der Waals surface area contributed by atoms with E-state index in [0.717, 1.165) is 263 Å². The molecule has 3 aromatic heterocycles. The fourth-order valence-electron chi connectivity index (χ4n) is 23.0. The molecule has 0 unspecified atom stereocenters. The van der Waals surface area contributed by atoms with Gasteiger partial charge in [0.1, 0.15) is 33.5 Å². The molecule has 0 amide bonds. The predicted molar refractivity (Wildman–Crippen MR) is 624 cm³/mol. The lowest BCUT2D eigenvalue weighted by atomic mass is 9.83. The number of benzene rings is 27. The Hall–Kier alpha value is -19.3. The van der Waals surface area contributed by atoms with Gasteiger partial charge in [0.05, 0.1) is 20.6 Å². The Kier molecular flexibility index (Phi) is 17.4. The smallest absolute Gasteiger partial charge is 0.136 e. The highest BCUT2D eigenvalue weighted by atomic mass is 16.3. The van der Waals surface area contributed by atoms with E-state index in [4.69, 9.17) is 33.8 Å². The molecule has 0 aliphatic heterocycles. The highest BCUT2D eigenvalue weighted by molar-refractivity contribution is 6.29. The van der Waals surface area contributed by atoms with Crippen molar-refractivity contribution in [1.82, 2.24) is 0 Å². The maximum atomic E-state index is 9.04. The van der Waals surface area contributed by atoms with Gasteiger partial charge in [0.15, 0.2) is 0 Å². The third-order valence-electron chi connectivity index (χ3n) is 29.2. The molecule has 147 heavy (non-hydrogen) atoms. The summed E-state index contributed by atoms with van der Waals surface area (Å²) in [6, 6.07) is 151. The van der Waals surface area contributed by atoms with Crippen LogP contribution in [0.3, 0.4) is 0 Å². The van der Waals surface area contributed by atoms with Crippen molar-refractivity contribution in [2.45, 2.75) is 0 Å². The van der Waals surface area contributed by atoms with Gasteiger partial charge < -0.3 is 13.3 Å². The van der Waals surface area contributed by atoms with E-state index in [1.54, 1.807) is 0 Å². The van der Waals surface area contributed by atoms with Crippen molar-refractivity contribution in [1.29, 1.82) is 0 Å². The summed E-state index contributed by atoms with van der Waals surface area (Å²) >= 11 is 0. The molecule has 0 saturated carbocycles. The van der Waals surface area contributed by atoms with E-state index in [1.807, 2.05) is 170 Å². The largest absolute Gasteiger partial charge is 0.456 e. The van der Waals surface area contributed by atoms with Crippen LogP contribution in [0.1, 0.15) is 20.6 Å². The van der Waals surface area contributed by atoms with E-state index in [2.05, 4.69) is 285 Å². The summed E-state index contributed by atoms with van der Waals surface area (Å²) in [5, 5.41) is 23.3. The van der Waals surface area contributed by atoms with Crippen molar-refractivity contribution in [3.8, 4) is 134 Å². The van der Waals surface area contributed by atoms with Crippen molar-refractivity contribution in [2.75, 3.05) is 0 Å². The molecule has 684 valence electrons. The van der Waals surface area contributed by atoms with Gasteiger partial charge in [-0.1, -0.05) is 467 Å². The standard InChI is InChI=1S/C54H34O.C48H30O.C42H26O/c1-4-16-35(17-5-1)38-28-30-49-48(33-38)54-50(55-49)31-29-42(36-18-6-2-7-19-36)53(54)47-34-40(32-39-22-10-11-23-41(39)47)52-45-26-14-12-24-43(45)51(37-20-8-3-9-21-37)44-25-13-15-27-46(44)52;1-3-15-31(16-4-1)36-27-28-44-48(41-25-13-14-26-43(41)49-44)47(36)42-30-34(29-33-19-7-8-20-35(33)42)46-39-23-11-9-21-37(39)45(32-17-5-2-6-18-32)38-22-10-12-24-40(38)46;1-2-13-27(14-3-1)40-31-17-6-8-19-33(31)41(34-20-9-7-18-32(34)40)29-25-28-15-4-5-16-30(28)37(26-29)35-22-12-24-39-42(35)36-21-10-11-23-38(36)43-39/h1-34H;1-30H;1-26H/i3D,8D,9D,20D,21D;2D,5D,6D,17D,18D;1D,2D,3D,13D,14D. The lowest BCUT2D eigenvalue weighted by Gasteiger charge is -2.20. The number of hydrogen-bond acceptors (Lipinski definition) is 3. The maximum Gasteiger partial charge on any atom is 0.136 e. The summed E-state index contributed by atoms with van der Waals surface area (Å²) in [6.07, 6.45) is 0. The number of para-hydroxylation sites is 2. The van der Waals surface area contributed by atoms with Gasteiger partial charge in [0.2, 0.25) is 0 Å². The van der Waals surface area contributed by atoms with Crippen LogP contribution in [-0.2, 0) is 0 Å². The van der Waals surface area contributed by atoms with Crippen LogP contribution in [0.2, 0.25) is 0 Å². The zero-order chi connectivity index (χ0) is 110. The number of fused-ring (bicyclic) bond motifs is 18. The quantitative estimate of drug-likeness (QED) is 0.114. The Morgan fingerprint density at radius 1 is 0.122 bits per heavy atom. The van der Waals surface area contributed by atoms with Crippen LogP contribution in [0.5, 0.6) is 0 Å². The zero-order valence-electron chi connectivity index (χ0n) is 94.0. The molecule has 3 heteroatoms. The zero-order valence-corrected chi connectivity index (χ0v) is 79.0. The van der Waals surface area contributed by atoms with E-state index in [0.29, 0.717) is 16.7 Å². The van der Waals surface area contributed by atoms with Crippen LogP contribution >= 0.6 is 0 Å². The summed E-state index contributed by atoms with van der Waals surface area (Å²) in [6.45, 7) is 0.